The van der Waals surface area contributed by atoms with Crippen molar-refractivity contribution in [1.29, 1.82) is 0 Å². The zero-order valence-corrected chi connectivity index (χ0v) is 13.5. The summed E-state index contributed by atoms with van der Waals surface area (Å²) in [5.74, 6) is -0.711. The molecule has 0 aromatic heterocycles. The number of hydrogen-bond donors (Lipinski definition) is 2. The summed E-state index contributed by atoms with van der Waals surface area (Å²) >= 11 is 0. The number of nitrogens with one attached hydrogen (secondary N) is 1. The number of carbonyl (C=O) groups is 1. The Hall–Kier alpha value is -1.44. The predicted molar refractivity (Wildman–Crippen MR) is 80.4 cm³/mol. The highest BCUT2D eigenvalue weighted by atomic mass is 32.2. The van der Waals surface area contributed by atoms with Gasteiger partial charge in [0.2, 0.25) is 10.0 Å². The first kappa shape index (κ1) is 17.6. The molecule has 6 nitrogen and oxygen atoms in total. The van der Waals surface area contributed by atoms with Crippen LogP contribution in [0.4, 0.5) is 0 Å². The number of nitrogens with two attached hydrogens (primary N) is 1. The summed E-state index contributed by atoms with van der Waals surface area (Å²) in [6.45, 7) is 5.63. The van der Waals surface area contributed by atoms with Crippen LogP contribution in [-0.4, -0.2) is 33.6 Å². The fraction of sp³-hybridized carbons (Fsp3) is 0.500. The van der Waals surface area contributed by atoms with E-state index in [-0.39, 0.29) is 22.9 Å². The summed E-state index contributed by atoms with van der Waals surface area (Å²) in [5.41, 5.74) is 4.89. The molecular formula is C14H22N2O4S. The van der Waals surface area contributed by atoms with Crippen LogP contribution in [0.1, 0.15) is 31.1 Å². The normalized spacial score (nSPS) is 14.8. The monoisotopic (exact) mass is 314 g/mol. The van der Waals surface area contributed by atoms with Crippen molar-refractivity contribution in [1.82, 2.24) is 4.72 Å². The third-order valence-corrected chi connectivity index (χ3v) is 5.32. The molecule has 0 fully saturated rings. The van der Waals surface area contributed by atoms with Crippen LogP contribution in [0.15, 0.2) is 29.2 Å². The summed E-state index contributed by atoms with van der Waals surface area (Å²) < 4.78 is 32.4. The van der Waals surface area contributed by atoms with E-state index >= 15 is 0 Å². The van der Waals surface area contributed by atoms with E-state index in [4.69, 9.17) is 5.73 Å². The molecule has 0 heterocycles. The Kier molecular flexibility index (Phi) is 5.49. The molecule has 118 valence electrons. The first-order valence-electron chi connectivity index (χ1n) is 6.59. The summed E-state index contributed by atoms with van der Waals surface area (Å²) in [6.07, 6.45) is 0. The van der Waals surface area contributed by atoms with Gasteiger partial charge in [0.15, 0.2) is 0 Å². The van der Waals surface area contributed by atoms with Crippen LogP contribution in [0, 0.1) is 5.92 Å². The second-order valence-corrected chi connectivity index (χ2v) is 7.02. The van der Waals surface area contributed by atoms with Gasteiger partial charge in [0.1, 0.15) is 0 Å². The molecule has 1 rings (SSSR count). The lowest BCUT2D eigenvalue weighted by molar-refractivity contribution is 0.0596. The Morgan fingerprint density at radius 3 is 2.43 bits per heavy atom. The van der Waals surface area contributed by atoms with Gasteiger partial charge >= 0.3 is 5.97 Å². The topological polar surface area (TPSA) is 98.5 Å². The Morgan fingerprint density at radius 1 is 1.38 bits per heavy atom. The smallest absolute Gasteiger partial charge is 0.339 e. The van der Waals surface area contributed by atoms with E-state index in [1.165, 1.54) is 19.2 Å². The molecule has 0 aliphatic rings. The third-order valence-electron chi connectivity index (χ3n) is 3.65. The maximum absolute atomic E-state index is 12.6. The molecule has 1 aromatic carbocycles. The number of benzene rings is 1. The van der Waals surface area contributed by atoms with Gasteiger partial charge in [-0.3, -0.25) is 0 Å². The van der Waals surface area contributed by atoms with Crippen molar-refractivity contribution >= 4 is 16.0 Å². The molecule has 0 bridgehead atoms. The molecule has 0 aliphatic heterocycles. The van der Waals surface area contributed by atoms with Crippen molar-refractivity contribution in [2.45, 2.75) is 31.2 Å². The van der Waals surface area contributed by atoms with Crippen molar-refractivity contribution < 1.29 is 17.9 Å². The first-order valence-corrected chi connectivity index (χ1v) is 8.07. The van der Waals surface area contributed by atoms with Crippen LogP contribution in [0.3, 0.4) is 0 Å². The van der Waals surface area contributed by atoms with Crippen LogP contribution in [0.5, 0.6) is 0 Å². The number of sulfonamides is 1. The zero-order chi connectivity index (χ0) is 16.3. The maximum atomic E-state index is 12.6. The van der Waals surface area contributed by atoms with Crippen molar-refractivity contribution in [3.05, 3.63) is 29.8 Å². The highest BCUT2D eigenvalue weighted by molar-refractivity contribution is 7.89. The van der Waals surface area contributed by atoms with Crippen LogP contribution < -0.4 is 10.5 Å². The lowest BCUT2D eigenvalue weighted by Gasteiger charge is -2.33. The van der Waals surface area contributed by atoms with Crippen molar-refractivity contribution in [3.63, 3.8) is 0 Å². The fourth-order valence-corrected chi connectivity index (χ4v) is 3.48. The molecule has 0 saturated carbocycles. The minimum atomic E-state index is -3.89. The molecule has 0 radical (unpaired) electrons. The molecule has 7 heteroatoms. The average Bonchev–Trinajstić information content (AvgIpc) is 2.45. The Labute approximate surface area is 125 Å². The van der Waals surface area contributed by atoms with E-state index in [1.807, 2.05) is 13.8 Å². The average molecular weight is 314 g/mol. The molecule has 0 aliphatic carbocycles. The van der Waals surface area contributed by atoms with Gasteiger partial charge in [0.25, 0.3) is 0 Å². The van der Waals surface area contributed by atoms with Gasteiger partial charge in [0.05, 0.1) is 17.6 Å². The molecule has 1 unspecified atom stereocenters. The molecule has 0 amide bonds. The van der Waals surface area contributed by atoms with Crippen LogP contribution >= 0.6 is 0 Å². The second kappa shape index (κ2) is 6.55. The fourth-order valence-electron chi connectivity index (χ4n) is 1.74. The molecule has 0 spiro atoms. The first-order chi connectivity index (χ1) is 9.68. The molecular weight excluding hydrogens is 292 g/mol. The third kappa shape index (κ3) is 3.81. The summed E-state index contributed by atoms with van der Waals surface area (Å²) in [6, 6.07) is 5.91. The van der Waals surface area contributed by atoms with Gasteiger partial charge < -0.3 is 10.5 Å². The van der Waals surface area contributed by atoms with E-state index < -0.39 is 21.5 Å². The van der Waals surface area contributed by atoms with Crippen molar-refractivity contribution in [2.75, 3.05) is 13.7 Å². The molecule has 1 aromatic rings. The highest BCUT2D eigenvalue weighted by Crippen LogP contribution is 2.22. The van der Waals surface area contributed by atoms with Gasteiger partial charge in [-0.05, 0) is 25.0 Å². The van der Waals surface area contributed by atoms with Crippen LogP contribution in [0.2, 0.25) is 0 Å². The van der Waals surface area contributed by atoms with E-state index in [9.17, 15) is 13.2 Å². The molecule has 3 N–H and O–H groups in total. The molecule has 1 atom stereocenters. The number of ether oxygens (including phenoxy) is 1. The van der Waals surface area contributed by atoms with Gasteiger partial charge in [-0.15, -0.1) is 0 Å². The van der Waals surface area contributed by atoms with E-state index in [1.54, 1.807) is 19.1 Å². The lowest BCUT2D eigenvalue weighted by atomic mass is 9.90. The van der Waals surface area contributed by atoms with Gasteiger partial charge in [-0.2, -0.15) is 0 Å². The second-order valence-electron chi connectivity index (χ2n) is 5.37. The largest absolute Gasteiger partial charge is 0.465 e. The SMILES string of the molecule is COC(=O)c1ccccc1S(=O)(=O)NC(C)(CN)C(C)C. The molecule has 21 heavy (non-hydrogen) atoms. The number of carbonyl (C=O) groups excluding carboxylic acids is 1. The summed E-state index contributed by atoms with van der Waals surface area (Å²) in [7, 11) is -2.69. The number of hydrogen-bond acceptors (Lipinski definition) is 5. The minimum Gasteiger partial charge on any atom is -0.465 e. The van der Waals surface area contributed by atoms with Crippen LogP contribution in [-0.2, 0) is 14.8 Å². The highest BCUT2D eigenvalue weighted by Gasteiger charge is 2.34. The maximum Gasteiger partial charge on any atom is 0.339 e. The van der Waals surface area contributed by atoms with Crippen LogP contribution in [0.25, 0.3) is 0 Å². The Balaban J connectivity index is 3.30. The van der Waals surface area contributed by atoms with E-state index in [0.29, 0.717) is 0 Å². The van der Waals surface area contributed by atoms with Gasteiger partial charge in [-0.1, -0.05) is 26.0 Å². The standard InChI is InChI=1S/C14H22N2O4S/c1-10(2)14(3,9-15)16-21(18,19)12-8-6-5-7-11(12)13(17)20-4/h5-8,10,16H,9,15H2,1-4H3. The number of methoxy groups -OCH3 is 1. The zero-order valence-electron chi connectivity index (χ0n) is 12.7. The van der Waals surface area contributed by atoms with Gasteiger partial charge in [0, 0.05) is 12.1 Å². The van der Waals surface area contributed by atoms with E-state index in [0.717, 1.165) is 0 Å². The quantitative estimate of drug-likeness (QED) is 0.767. The number of rotatable bonds is 6. The van der Waals surface area contributed by atoms with Crippen molar-refractivity contribution in [2.24, 2.45) is 11.7 Å². The predicted octanol–water partition coefficient (Wildman–Crippen LogP) is 1.12. The molecule has 0 saturated heterocycles. The van der Waals surface area contributed by atoms with Gasteiger partial charge in [-0.25, -0.2) is 17.9 Å². The number of esters is 1. The lowest BCUT2D eigenvalue weighted by Crippen LogP contribution is -2.54. The summed E-state index contributed by atoms with van der Waals surface area (Å²) in [4.78, 5) is 11.6. The Morgan fingerprint density at radius 2 is 1.95 bits per heavy atom. The van der Waals surface area contributed by atoms with Crippen molar-refractivity contribution in [3.8, 4) is 0 Å². The minimum absolute atomic E-state index is 0.00405. The summed E-state index contributed by atoms with van der Waals surface area (Å²) in [5, 5.41) is 0. The van der Waals surface area contributed by atoms with E-state index in [2.05, 4.69) is 9.46 Å². The Bertz CT molecular complexity index is 613.